The number of β-amino-alcohol motifs (C(OH)–C–C–N with tert-alkyl or cyclic N) is 2. The highest BCUT2D eigenvalue weighted by Gasteiger charge is 2.43. The summed E-state index contributed by atoms with van der Waals surface area (Å²) < 4.78 is 4.89. The molecule has 2 saturated heterocycles. The molecule has 18 heteroatoms. The lowest BCUT2D eigenvalue weighted by Crippen LogP contribution is -2.60. The summed E-state index contributed by atoms with van der Waals surface area (Å²) in [6, 6.07) is 28.4. The number of aromatic hydroxyl groups is 1. The summed E-state index contributed by atoms with van der Waals surface area (Å²) >= 11 is 8.58. The molecule has 85 heavy (non-hydrogen) atoms. The third kappa shape index (κ3) is 22.3. The fourth-order valence-electron chi connectivity index (χ4n) is 12.0. The van der Waals surface area contributed by atoms with E-state index in [0.29, 0.717) is 76.3 Å². The Hall–Kier alpha value is -4.98. The molecule has 8 rings (SSSR count). The van der Waals surface area contributed by atoms with Crippen LogP contribution in [0.2, 0.25) is 0 Å². The maximum atomic E-state index is 13.5. The summed E-state index contributed by atoms with van der Waals surface area (Å²) in [6.07, 6.45) is 9.95. The summed E-state index contributed by atoms with van der Waals surface area (Å²) in [5.74, 6) is 3.23. The van der Waals surface area contributed by atoms with Crippen LogP contribution >= 0.6 is 35.1 Å². The van der Waals surface area contributed by atoms with E-state index in [4.69, 9.17) is 22.1 Å². The van der Waals surface area contributed by atoms with Crippen LogP contribution in [0.1, 0.15) is 152 Å². The first-order valence-electron chi connectivity index (χ1n) is 29.9. The van der Waals surface area contributed by atoms with E-state index in [9.17, 15) is 39.3 Å². The molecule has 4 aromatic rings. The Morgan fingerprint density at radius 1 is 0.635 bits per heavy atom. The number of esters is 1. The molecule has 0 spiro atoms. The van der Waals surface area contributed by atoms with E-state index in [1.165, 1.54) is 45.4 Å². The van der Waals surface area contributed by atoms with Crippen molar-refractivity contribution in [3.05, 3.63) is 119 Å². The summed E-state index contributed by atoms with van der Waals surface area (Å²) in [4.78, 5) is 68.1. The van der Waals surface area contributed by atoms with Crippen LogP contribution in [-0.4, -0.2) is 139 Å². The summed E-state index contributed by atoms with van der Waals surface area (Å²) in [6.45, 7) is 19.2. The first kappa shape index (κ1) is 70.8. The van der Waals surface area contributed by atoms with Crippen molar-refractivity contribution in [2.24, 2.45) is 29.4 Å². The monoisotopic (exact) mass is 1230 g/mol. The number of phenols is 1. The predicted molar refractivity (Wildman–Crippen MR) is 344 cm³/mol. The van der Waals surface area contributed by atoms with Gasteiger partial charge in [0.1, 0.15) is 11.5 Å². The van der Waals surface area contributed by atoms with Gasteiger partial charge < -0.3 is 41.7 Å². The lowest BCUT2D eigenvalue weighted by atomic mass is 9.72. The van der Waals surface area contributed by atoms with Gasteiger partial charge in [0.05, 0.1) is 30.3 Å². The van der Waals surface area contributed by atoms with Gasteiger partial charge in [-0.3, -0.25) is 33.8 Å². The van der Waals surface area contributed by atoms with Crippen LogP contribution in [0.25, 0.3) is 0 Å². The molecule has 2 aliphatic carbocycles. The number of hydrogen-bond acceptors (Lipinski definition) is 14. The minimum atomic E-state index is -0.886. The number of carbonyl (C=O) groups excluding carboxylic acids is 5. The number of benzene rings is 4. The van der Waals surface area contributed by atoms with Gasteiger partial charge in [-0.25, -0.2) is 0 Å². The van der Waals surface area contributed by atoms with Crippen LogP contribution in [0.4, 0.5) is 0 Å². The first-order valence-corrected chi connectivity index (χ1v) is 32.3. The number of ether oxygens (including phenoxy) is 1. The number of carbonyl (C=O) groups is 5. The standard InChI is InChI=1S/C32H45N3O4S.C24H39N3O2S.C10H9ClO3.CH4/c1-21-25(15-10-16-28(21)36)30(38)33-26(20-40-24-13-6-5-7-14-24)29(37)19-35-18-23-12-9-8-11-22(23)17-27(35)31(39)34-32(2,3)4;1-24(2,3)26-23(29)21-13-17-9-7-8-10-18(17)14-27(21)15-22(28)20(25)16-30-19-11-5-4-6-12-19;1-6-8(10(11)13)4-3-5-9(6)14-7(2)12;/h5-7,10,13-16,22-23,26-27,29,36-37H,8-9,11-12,17-20H2,1-4H3,(H,33,38)(H,34,39);4-6,11-12,17-18,20-22,28H,7-10,13-16,25H2,1-3H3,(H,26,29);3-5H,1-2H3;1H4/t22-,23+,26-,27-,29+;17-,18+,20-,21-,22+;;/m00../s1. The normalized spacial score (nSPS) is 22.0. The minimum Gasteiger partial charge on any atom is -0.508 e. The average molecular weight is 1230 g/mol. The highest BCUT2D eigenvalue weighted by atomic mass is 35.5. The number of likely N-dealkylation sites (tertiary alicyclic amines) is 2. The smallest absolute Gasteiger partial charge is 0.308 e. The molecule has 468 valence electrons. The highest BCUT2D eigenvalue weighted by molar-refractivity contribution is 7.99. The fraction of sp³-hybridized carbons (Fsp3) is 0.567. The molecule has 2 saturated carbocycles. The third-order valence-electron chi connectivity index (χ3n) is 16.4. The number of aliphatic hydroxyl groups excluding tert-OH is 2. The number of nitrogens with two attached hydrogens (primary N) is 1. The Bertz CT molecular complexity index is 2780. The van der Waals surface area contributed by atoms with E-state index in [2.05, 4.69) is 37.9 Å². The van der Waals surface area contributed by atoms with Gasteiger partial charge in [-0.05, 0) is 165 Å². The van der Waals surface area contributed by atoms with Crippen molar-refractivity contribution in [2.75, 3.05) is 37.7 Å². The lowest BCUT2D eigenvalue weighted by molar-refractivity contribution is -0.133. The quantitative estimate of drug-likeness (QED) is 0.0213. The van der Waals surface area contributed by atoms with Gasteiger partial charge in [0.15, 0.2) is 0 Å². The number of halogens is 1. The second kappa shape index (κ2) is 33.4. The number of hydrogen-bond donors (Lipinski definition) is 7. The van der Waals surface area contributed by atoms with Crippen molar-refractivity contribution >= 4 is 64.1 Å². The SMILES string of the molecule is C.CC(=O)Oc1cccc(C(=O)Cl)c1C.CC(C)(C)NC(=O)[C@@H]1C[C@@H]2CCCC[C@@H]2CN1C[C@@H](O)[C@@H](N)CSc1ccccc1.Cc1c(O)cccc1C(=O)N[C@@H](CSc1ccccc1)[C@H](O)CN1C[C@H]2CCCC[C@H]2C[C@H]1C(=O)NC(C)(C)C. The highest BCUT2D eigenvalue weighted by Crippen LogP contribution is 2.41. The third-order valence-corrected chi connectivity index (χ3v) is 18.9. The Balaban J connectivity index is 0.000000257. The number of phenolic OH excluding ortho intramolecular Hbond substituents is 1. The van der Waals surface area contributed by atoms with Gasteiger partial charge in [-0.1, -0.05) is 94.5 Å². The van der Waals surface area contributed by atoms with Crippen molar-refractivity contribution in [1.82, 2.24) is 25.8 Å². The molecule has 2 aliphatic heterocycles. The molecule has 4 aromatic carbocycles. The van der Waals surface area contributed by atoms with Crippen LogP contribution in [-0.2, 0) is 14.4 Å². The molecule has 8 N–H and O–H groups in total. The molecule has 2 heterocycles. The largest absolute Gasteiger partial charge is 0.508 e. The van der Waals surface area contributed by atoms with Crippen LogP contribution in [0.5, 0.6) is 11.5 Å². The minimum absolute atomic E-state index is 0. The number of thioether (sulfide) groups is 2. The van der Waals surface area contributed by atoms with Crippen molar-refractivity contribution in [2.45, 2.75) is 191 Å². The number of nitrogens with zero attached hydrogens (tertiary/aromatic N) is 2. The van der Waals surface area contributed by atoms with Crippen LogP contribution in [0.15, 0.2) is 107 Å². The number of rotatable bonds is 18. The van der Waals surface area contributed by atoms with Crippen molar-refractivity contribution in [1.29, 1.82) is 0 Å². The predicted octanol–water partition coefficient (Wildman–Crippen LogP) is 10.9. The van der Waals surface area contributed by atoms with Gasteiger partial charge in [0.25, 0.3) is 11.1 Å². The van der Waals surface area contributed by atoms with E-state index < -0.39 is 29.5 Å². The van der Waals surface area contributed by atoms with Gasteiger partial charge in [0, 0.05) is 93.8 Å². The van der Waals surface area contributed by atoms with Crippen LogP contribution in [0, 0.1) is 37.5 Å². The van der Waals surface area contributed by atoms with E-state index >= 15 is 0 Å². The van der Waals surface area contributed by atoms with E-state index in [1.54, 1.807) is 73.8 Å². The number of nitrogens with one attached hydrogen (secondary N) is 3. The zero-order chi connectivity index (χ0) is 61.3. The molecular formula is C67H97ClN6O9S2. The molecule has 15 nitrogen and oxygen atoms in total. The second-order valence-corrected chi connectivity index (χ2v) is 27.9. The molecular weight excluding hydrogens is 1130 g/mol. The van der Waals surface area contributed by atoms with E-state index in [-0.39, 0.29) is 60.1 Å². The molecule has 3 amide bonds. The Labute approximate surface area is 520 Å². The van der Waals surface area contributed by atoms with Gasteiger partial charge >= 0.3 is 5.97 Å². The van der Waals surface area contributed by atoms with Crippen molar-refractivity contribution < 1.29 is 44.0 Å². The molecule has 0 bridgehead atoms. The molecule has 0 unspecified atom stereocenters. The molecule has 4 fully saturated rings. The first-order chi connectivity index (χ1) is 39.8. The van der Waals surface area contributed by atoms with Crippen molar-refractivity contribution in [3.8, 4) is 11.5 Å². The topological polar surface area (TPSA) is 224 Å². The maximum Gasteiger partial charge on any atom is 0.308 e. The number of fused-ring (bicyclic) bond motifs is 2. The molecule has 10 atom stereocenters. The van der Waals surface area contributed by atoms with E-state index in [0.717, 1.165) is 48.6 Å². The zero-order valence-corrected chi connectivity index (χ0v) is 53.2. The zero-order valence-electron chi connectivity index (χ0n) is 50.8. The summed E-state index contributed by atoms with van der Waals surface area (Å²) in [5.41, 5.74) is 7.55. The van der Waals surface area contributed by atoms with Gasteiger partial charge in [-0.2, -0.15) is 0 Å². The number of piperidine rings is 2. The van der Waals surface area contributed by atoms with Gasteiger partial charge in [-0.15, -0.1) is 23.5 Å². The molecule has 4 aliphatic rings. The van der Waals surface area contributed by atoms with Gasteiger partial charge in [0.2, 0.25) is 11.8 Å². The second-order valence-electron chi connectivity index (χ2n) is 25.4. The molecule has 0 radical (unpaired) electrons. The number of amides is 3. The van der Waals surface area contributed by atoms with Crippen LogP contribution < -0.4 is 26.4 Å². The molecule has 0 aromatic heterocycles. The lowest BCUT2D eigenvalue weighted by Gasteiger charge is -2.47. The maximum absolute atomic E-state index is 13.5. The van der Waals surface area contributed by atoms with Crippen molar-refractivity contribution in [3.63, 3.8) is 0 Å². The summed E-state index contributed by atoms with van der Waals surface area (Å²) in [7, 11) is 0. The Morgan fingerprint density at radius 3 is 1.55 bits per heavy atom. The number of aliphatic hydroxyl groups is 2. The Kier molecular flexibility index (Phi) is 27.8. The average Bonchev–Trinajstić information content (AvgIpc) is 2.34. The van der Waals surface area contributed by atoms with Crippen LogP contribution in [0.3, 0.4) is 0 Å². The Morgan fingerprint density at radius 2 is 1.08 bits per heavy atom. The van der Waals surface area contributed by atoms with E-state index in [1.807, 2.05) is 90.1 Å². The summed E-state index contributed by atoms with van der Waals surface area (Å²) in [5, 5.41) is 41.5. The fourth-order valence-corrected chi connectivity index (χ4v) is 14.2.